The summed E-state index contributed by atoms with van der Waals surface area (Å²) >= 11 is 0. The molecule has 1 aromatic heterocycles. The van der Waals surface area contributed by atoms with E-state index in [4.69, 9.17) is 10.8 Å². The van der Waals surface area contributed by atoms with Gasteiger partial charge in [0.25, 0.3) is 5.91 Å². The fraction of sp³-hybridized carbons (Fsp3) is 0.524. The highest BCUT2D eigenvalue weighted by molar-refractivity contribution is 5.96. The van der Waals surface area contributed by atoms with E-state index in [2.05, 4.69) is 46.8 Å². The molecule has 2 heterocycles. The third-order valence-corrected chi connectivity index (χ3v) is 5.21. The van der Waals surface area contributed by atoms with Crippen molar-refractivity contribution in [1.29, 1.82) is 0 Å². The van der Waals surface area contributed by atoms with Crippen LogP contribution >= 0.6 is 12.4 Å². The lowest BCUT2D eigenvalue weighted by molar-refractivity contribution is 0.0741. The molecule has 2 atom stereocenters. The Morgan fingerprint density at radius 3 is 2.41 bits per heavy atom. The van der Waals surface area contributed by atoms with Crippen LogP contribution in [0, 0.1) is 12.8 Å². The Bertz CT molecular complexity index is 792. The predicted octanol–water partition coefficient (Wildman–Crippen LogP) is 3.71. The molecular weight excluding hydrogens is 360 g/mol. The van der Waals surface area contributed by atoms with E-state index in [9.17, 15) is 4.79 Å². The van der Waals surface area contributed by atoms with Crippen LogP contribution in [0.25, 0.3) is 5.69 Å². The molecule has 148 valence electrons. The van der Waals surface area contributed by atoms with Gasteiger partial charge in [-0.05, 0) is 44.9 Å². The summed E-state index contributed by atoms with van der Waals surface area (Å²) in [6.45, 7) is 11.8. The molecule has 0 bridgehead atoms. The number of aromatic nitrogens is 2. The van der Waals surface area contributed by atoms with Crippen molar-refractivity contribution in [3.05, 3.63) is 47.3 Å². The van der Waals surface area contributed by atoms with Crippen molar-refractivity contribution < 1.29 is 4.79 Å². The average molecular weight is 391 g/mol. The molecule has 3 rings (SSSR count). The van der Waals surface area contributed by atoms with Gasteiger partial charge in [0.15, 0.2) is 0 Å². The summed E-state index contributed by atoms with van der Waals surface area (Å²) in [5.41, 5.74) is 9.33. The Hall–Kier alpha value is -1.85. The zero-order chi connectivity index (χ0) is 19.1. The van der Waals surface area contributed by atoms with Crippen LogP contribution in [-0.2, 0) is 5.41 Å². The Labute approximate surface area is 168 Å². The van der Waals surface area contributed by atoms with Gasteiger partial charge in [-0.3, -0.25) is 4.79 Å². The van der Waals surface area contributed by atoms with Gasteiger partial charge in [0.05, 0.1) is 16.9 Å². The molecule has 2 N–H and O–H groups in total. The molecule has 6 heteroatoms. The standard InChI is InChI=1S/C21H30N4O.ClH/c1-14-6-8-17(9-7-14)25-13-18(19(23-25)21(3,4)5)20(26)24-12-16(11-22)10-15(24)2;/h6-9,13,15-16H,10-12,22H2,1-5H3;1H. The first-order valence-corrected chi connectivity index (χ1v) is 9.39. The molecule has 1 aliphatic rings. The zero-order valence-electron chi connectivity index (χ0n) is 16.9. The van der Waals surface area contributed by atoms with Crippen molar-refractivity contribution in [2.45, 2.75) is 52.5 Å². The summed E-state index contributed by atoms with van der Waals surface area (Å²) in [6, 6.07) is 8.40. The van der Waals surface area contributed by atoms with E-state index >= 15 is 0 Å². The Morgan fingerprint density at radius 1 is 1.26 bits per heavy atom. The number of hydrogen-bond donors (Lipinski definition) is 1. The van der Waals surface area contributed by atoms with E-state index in [1.54, 1.807) is 0 Å². The predicted molar refractivity (Wildman–Crippen MR) is 112 cm³/mol. The number of aryl methyl sites for hydroxylation is 1. The molecule has 1 amide bonds. The highest BCUT2D eigenvalue weighted by atomic mass is 35.5. The molecule has 0 saturated carbocycles. The van der Waals surface area contributed by atoms with E-state index in [-0.39, 0.29) is 29.8 Å². The second-order valence-electron chi connectivity index (χ2n) is 8.57. The van der Waals surface area contributed by atoms with Gasteiger partial charge in [0.1, 0.15) is 0 Å². The molecule has 1 aromatic carbocycles. The van der Waals surface area contributed by atoms with E-state index in [1.165, 1.54) is 5.56 Å². The number of carbonyl (C=O) groups excluding carboxylic acids is 1. The van der Waals surface area contributed by atoms with Crippen LogP contribution in [0.3, 0.4) is 0 Å². The fourth-order valence-corrected chi connectivity index (χ4v) is 3.67. The van der Waals surface area contributed by atoms with Crippen LogP contribution in [0.2, 0.25) is 0 Å². The van der Waals surface area contributed by atoms with Crippen LogP contribution in [0.15, 0.2) is 30.5 Å². The summed E-state index contributed by atoms with van der Waals surface area (Å²) in [7, 11) is 0. The maximum atomic E-state index is 13.3. The number of nitrogens with zero attached hydrogens (tertiary/aromatic N) is 3. The van der Waals surface area contributed by atoms with Crippen molar-refractivity contribution in [3.63, 3.8) is 0 Å². The fourth-order valence-electron chi connectivity index (χ4n) is 3.67. The second-order valence-corrected chi connectivity index (χ2v) is 8.57. The van der Waals surface area contributed by atoms with Crippen molar-refractivity contribution in [2.24, 2.45) is 11.7 Å². The molecule has 27 heavy (non-hydrogen) atoms. The third-order valence-electron chi connectivity index (χ3n) is 5.21. The van der Waals surface area contributed by atoms with Crippen molar-refractivity contribution >= 4 is 18.3 Å². The number of likely N-dealkylation sites (tertiary alicyclic amines) is 1. The smallest absolute Gasteiger partial charge is 0.257 e. The topological polar surface area (TPSA) is 64.2 Å². The van der Waals surface area contributed by atoms with Crippen LogP contribution in [0.4, 0.5) is 0 Å². The normalized spacial score (nSPS) is 19.9. The van der Waals surface area contributed by atoms with Crippen molar-refractivity contribution in [2.75, 3.05) is 13.1 Å². The first-order chi connectivity index (χ1) is 12.2. The van der Waals surface area contributed by atoms with Gasteiger partial charge in [-0.25, -0.2) is 4.68 Å². The number of hydrogen-bond acceptors (Lipinski definition) is 3. The largest absolute Gasteiger partial charge is 0.335 e. The third kappa shape index (κ3) is 4.36. The summed E-state index contributed by atoms with van der Waals surface area (Å²) in [5.74, 6) is 0.455. The van der Waals surface area contributed by atoms with E-state index in [0.717, 1.165) is 24.3 Å². The Balaban J connectivity index is 0.00000261. The Morgan fingerprint density at radius 2 is 1.89 bits per heavy atom. The molecule has 1 fully saturated rings. The molecular formula is C21H31ClN4O. The van der Waals surface area contributed by atoms with Crippen LogP contribution in [0.1, 0.15) is 55.7 Å². The van der Waals surface area contributed by atoms with Crippen molar-refractivity contribution in [1.82, 2.24) is 14.7 Å². The lowest BCUT2D eigenvalue weighted by Gasteiger charge is -2.23. The van der Waals surface area contributed by atoms with Gasteiger partial charge in [0, 0.05) is 24.2 Å². The van der Waals surface area contributed by atoms with E-state index in [1.807, 2.05) is 27.9 Å². The van der Waals surface area contributed by atoms with Gasteiger partial charge in [-0.2, -0.15) is 5.10 Å². The zero-order valence-corrected chi connectivity index (χ0v) is 17.7. The first kappa shape index (κ1) is 21.5. The minimum atomic E-state index is -0.211. The van der Waals surface area contributed by atoms with Gasteiger partial charge < -0.3 is 10.6 Å². The van der Waals surface area contributed by atoms with Crippen LogP contribution in [0.5, 0.6) is 0 Å². The number of benzene rings is 1. The van der Waals surface area contributed by atoms with Gasteiger partial charge in [-0.1, -0.05) is 38.5 Å². The van der Waals surface area contributed by atoms with E-state index < -0.39 is 0 Å². The molecule has 2 unspecified atom stereocenters. The lowest BCUT2D eigenvalue weighted by Crippen LogP contribution is -2.35. The summed E-state index contributed by atoms with van der Waals surface area (Å²) in [5, 5.41) is 4.78. The molecule has 0 aliphatic carbocycles. The number of carbonyl (C=O) groups is 1. The summed E-state index contributed by atoms with van der Waals surface area (Å²) in [4.78, 5) is 15.3. The number of halogens is 1. The number of rotatable bonds is 3. The van der Waals surface area contributed by atoms with E-state index in [0.29, 0.717) is 18.0 Å². The maximum Gasteiger partial charge on any atom is 0.257 e. The monoisotopic (exact) mass is 390 g/mol. The summed E-state index contributed by atoms with van der Waals surface area (Å²) < 4.78 is 1.83. The average Bonchev–Trinajstić information content (AvgIpc) is 3.18. The SMILES string of the molecule is Cc1ccc(-n2cc(C(=O)N3CC(CN)CC3C)c(C(C)(C)C)n2)cc1.Cl. The first-order valence-electron chi connectivity index (χ1n) is 9.39. The number of nitrogens with two attached hydrogens (primary N) is 1. The lowest BCUT2D eigenvalue weighted by atomic mass is 9.89. The summed E-state index contributed by atoms with van der Waals surface area (Å²) in [6.07, 6.45) is 2.86. The van der Waals surface area contributed by atoms with Crippen LogP contribution < -0.4 is 5.73 Å². The molecule has 2 aromatic rings. The Kier molecular flexibility index (Phi) is 6.38. The number of amides is 1. The van der Waals surface area contributed by atoms with Crippen molar-refractivity contribution in [3.8, 4) is 5.69 Å². The van der Waals surface area contributed by atoms with Gasteiger partial charge in [-0.15, -0.1) is 12.4 Å². The molecule has 0 spiro atoms. The quantitative estimate of drug-likeness (QED) is 0.868. The minimum Gasteiger partial charge on any atom is -0.335 e. The highest BCUT2D eigenvalue weighted by Gasteiger charge is 2.35. The molecule has 0 radical (unpaired) electrons. The minimum absolute atomic E-state index is 0. The van der Waals surface area contributed by atoms with Crippen LogP contribution in [-0.4, -0.2) is 39.7 Å². The molecule has 5 nitrogen and oxygen atoms in total. The van der Waals surface area contributed by atoms with Gasteiger partial charge in [0.2, 0.25) is 0 Å². The molecule has 1 saturated heterocycles. The maximum absolute atomic E-state index is 13.3. The molecule has 1 aliphatic heterocycles. The second kappa shape index (κ2) is 8.03. The highest BCUT2D eigenvalue weighted by Crippen LogP contribution is 2.30. The van der Waals surface area contributed by atoms with Gasteiger partial charge >= 0.3 is 0 Å².